The first-order valence-corrected chi connectivity index (χ1v) is 10.6. The van der Waals surface area contributed by atoms with Crippen molar-refractivity contribution in [2.24, 2.45) is 0 Å². The quantitative estimate of drug-likeness (QED) is 0.475. The summed E-state index contributed by atoms with van der Waals surface area (Å²) in [7, 11) is 0. The van der Waals surface area contributed by atoms with E-state index < -0.39 is 18.7 Å². The van der Waals surface area contributed by atoms with Gasteiger partial charge in [0.15, 0.2) is 12.7 Å². The van der Waals surface area contributed by atoms with Crippen molar-refractivity contribution in [1.82, 2.24) is 4.98 Å². The summed E-state index contributed by atoms with van der Waals surface area (Å²) in [5.41, 5.74) is 4.78. The van der Waals surface area contributed by atoms with Gasteiger partial charge in [-0.05, 0) is 74.4 Å². The van der Waals surface area contributed by atoms with Crippen LogP contribution >= 0.6 is 0 Å². The van der Waals surface area contributed by atoms with Gasteiger partial charge in [0, 0.05) is 12.2 Å². The molecule has 33 heavy (non-hydrogen) atoms. The molecule has 3 rings (SSSR count). The van der Waals surface area contributed by atoms with Crippen molar-refractivity contribution in [3.8, 4) is 28.8 Å². The molecule has 7 nitrogen and oxygen atoms in total. The SMILES string of the molecule is CCOC[C@H](Oc1ccc(OCC(=O)O)c(C)c1)c1cccc(-c2ccc(C#N)cc2C)n1. The molecule has 0 aliphatic carbocycles. The Kier molecular flexibility index (Phi) is 8.01. The average Bonchev–Trinajstić information content (AvgIpc) is 2.81. The number of nitrogens with zero attached hydrogens (tertiary/aromatic N) is 2. The number of benzene rings is 2. The van der Waals surface area contributed by atoms with E-state index in [-0.39, 0.29) is 0 Å². The van der Waals surface area contributed by atoms with Crippen LogP contribution in [0.25, 0.3) is 11.3 Å². The molecule has 0 aliphatic heterocycles. The highest BCUT2D eigenvalue weighted by Gasteiger charge is 2.18. The van der Waals surface area contributed by atoms with Gasteiger partial charge in [0.1, 0.15) is 11.5 Å². The summed E-state index contributed by atoms with van der Waals surface area (Å²) in [6, 6.07) is 18.6. The van der Waals surface area contributed by atoms with Gasteiger partial charge in [-0.2, -0.15) is 5.26 Å². The number of hydrogen-bond donors (Lipinski definition) is 1. The maximum atomic E-state index is 10.8. The maximum Gasteiger partial charge on any atom is 0.341 e. The lowest BCUT2D eigenvalue weighted by molar-refractivity contribution is -0.139. The fourth-order valence-corrected chi connectivity index (χ4v) is 3.37. The zero-order chi connectivity index (χ0) is 23.8. The van der Waals surface area contributed by atoms with Crippen molar-refractivity contribution in [1.29, 1.82) is 5.26 Å². The molecular weight excluding hydrogens is 420 g/mol. The molecule has 0 saturated heterocycles. The Balaban J connectivity index is 1.86. The molecule has 0 aliphatic rings. The second-order valence-corrected chi connectivity index (χ2v) is 7.46. The minimum absolute atomic E-state index is 0.315. The van der Waals surface area contributed by atoms with E-state index in [9.17, 15) is 4.79 Å². The predicted octanol–water partition coefficient (Wildman–Crippen LogP) is 4.86. The van der Waals surface area contributed by atoms with Crippen LogP contribution in [-0.4, -0.2) is 35.9 Å². The summed E-state index contributed by atoms with van der Waals surface area (Å²) in [4.78, 5) is 15.6. The molecule has 1 aromatic heterocycles. The highest BCUT2D eigenvalue weighted by molar-refractivity contribution is 5.68. The van der Waals surface area contributed by atoms with E-state index in [1.54, 1.807) is 24.3 Å². The van der Waals surface area contributed by atoms with Crippen molar-refractivity contribution in [3.63, 3.8) is 0 Å². The molecular formula is C26H26N2O5. The zero-order valence-electron chi connectivity index (χ0n) is 18.9. The Hall–Kier alpha value is -3.89. The zero-order valence-corrected chi connectivity index (χ0v) is 18.9. The first-order chi connectivity index (χ1) is 15.9. The van der Waals surface area contributed by atoms with Gasteiger partial charge >= 0.3 is 5.97 Å². The Labute approximate surface area is 193 Å². The minimum atomic E-state index is -1.03. The monoisotopic (exact) mass is 446 g/mol. The number of rotatable bonds is 10. The van der Waals surface area contributed by atoms with Gasteiger partial charge in [0.25, 0.3) is 0 Å². The summed E-state index contributed by atoms with van der Waals surface area (Å²) in [5, 5.41) is 17.9. The van der Waals surface area contributed by atoms with Gasteiger partial charge in [0.05, 0.1) is 29.6 Å². The van der Waals surface area contributed by atoms with Gasteiger partial charge in [-0.3, -0.25) is 0 Å². The minimum Gasteiger partial charge on any atom is -0.482 e. The molecule has 1 heterocycles. The van der Waals surface area contributed by atoms with Crippen molar-refractivity contribution in [2.45, 2.75) is 26.9 Å². The number of aryl methyl sites for hydroxylation is 2. The van der Waals surface area contributed by atoms with Crippen LogP contribution in [0.4, 0.5) is 0 Å². The van der Waals surface area contributed by atoms with Crippen LogP contribution in [0.15, 0.2) is 54.6 Å². The molecule has 170 valence electrons. The highest BCUT2D eigenvalue weighted by atomic mass is 16.5. The fraction of sp³-hybridized carbons (Fsp3) is 0.269. The number of aromatic nitrogens is 1. The van der Waals surface area contributed by atoms with Crippen LogP contribution in [0, 0.1) is 25.2 Å². The molecule has 0 bridgehead atoms. The largest absolute Gasteiger partial charge is 0.482 e. The van der Waals surface area contributed by atoms with Gasteiger partial charge in [0.2, 0.25) is 0 Å². The maximum absolute atomic E-state index is 10.8. The van der Waals surface area contributed by atoms with Gasteiger partial charge in [-0.25, -0.2) is 9.78 Å². The molecule has 0 fully saturated rings. The van der Waals surface area contributed by atoms with Crippen LogP contribution in [0.3, 0.4) is 0 Å². The van der Waals surface area contributed by atoms with Crippen molar-refractivity contribution in [2.75, 3.05) is 19.8 Å². The fourth-order valence-electron chi connectivity index (χ4n) is 3.37. The topological polar surface area (TPSA) is 102 Å². The Morgan fingerprint density at radius 2 is 1.94 bits per heavy atom. The van der Waals surface area contributed by atoms with Crippen molar-refractivity contribution >= 4 is 5.97 Å². The number of aliphatic carboxylic acids is 1. The smallest absolute Gasteiger partial charge is 0.341 e. The number of carbonyl (C=O) groups is 1. The second-order valence-electron chi connectivity index (χ2n) is 7.46. The number of hydrogen-bond acceptors (Lipinski definition) is 6. The van der Waals surface area contributed by atoms with E-state index in [1.165, 1.54) is 0 Å². The van der Waals surface area contributed by atoms with E-state index in [1.807, 2.05) is 51.1 Å². The molecule has 1 N–H and O–H groups in total. The van der Waals surface area contributed by atoms with Crippen LogP contribution in [-0.2, 0) is 9.53 Å². The van der Waals surface area contributed by atoms with Crippen LogP contribution in [0.2, 0.25) is 0 Å². The third-order valence-corrected chi connectivity index (χ3v) is 4.98. The lowest BCUT2D eigenvalue weighted by Gasteiger charge is -2.20. The van der Waals surface area contributed by atoms with Crippen LogP contribution in [0.5, 0.6) is 11.5 Å². The molecule has 1 atom stereocenters. The van der Waals surface area contributed by atoms with E-state index in [4.69, 9.17) is 29.6 Å². The molecule has 0 amide bonds. The summed E-state index contributed by atoms with van der Waals surface area (Å²) < 4.78 is 17.2. The van der Waals surface area contributed by atoms with Gasteiger partial charge < -0.3 is 19.3 Å². The molecule has 7 heteroatoms. The third kappa shape index (κ3) is 6.31. The molecule has 0 radical (unpaired) electrons. The van der Waals surface area contributed by atoms with Crippen molar-refractivity contribution < 1.29 is 24.1 Å². The molecule has 0 spiro atoms. The van der Waals surface area contributed by atoms with Crippen LogP contribution < -0.4 is 9.47 Å². The summed E-state index contributed by atoms with van der Waals surface area (Å²) in [5.74, 6) is 0.0547. The second kappa shape index (κ2) is 11.1. The van der Waals surface area contributed by atoms with E-state index in [0.29, 0.717) is 36.0 Å². The molecule has 2 aromatic carbocycles. The number of nitriles is 1. The van der Waals surface area contributed by atoms with Crippen molar-refractivity contribution in [3.05, 3.63) is 77.0 Å². The van der Waals surface area contributed by atoms with Gasteiger partial charge in [-0.1, -0.05) is 12.1 Å². The average molecular weight is 447 g/mol. The molecule has 0 saturated carbocycles. The Bertz CT molecular complexity index is 1170. The lowest BCUT2D eigenvalue weighted by Crippen LogP contribution is -2.16. The van der Waals surface area contributed by atoms with Gasteiger partial charge in [-0.15, -0.1) is 0 Å². The summed E-state index contributed by atoms with van der Waals surface area (Å²) in [6.45, 7) is 6.15. The Morgan fingerprint density at radius 1 is 1.12 bits per heavy atom. The molecule has 3 aromatic rings. The normalized spacial score (nSPS) is 11.5. The first kappa shape index (κ1) is 23.8. The lowest BCUT2D eigenvalue weighted by atomic mass is 10.0. The standard InChI is InChI=1S/C26H26N2O5/c1-4-31-15-25(33-20-9-11-24(18(3)13-20)32-16-26(29)30)23-7-5-6-22(28-23)21-10-8-19(14-27)12-17(21)2/h5-13,25H,4,15-16H2,1-3H3,(H,29,30)/t25-/m0/s1. The van der Waals surface area contributed by atoms with E-state index >= 15 is 0 Å². The molecule has 0 unspecified atom stereocenters. The number of carboxylic acids is 1. The summed E-state index contributed by atoms with van der Waals surface area (Å²) in [6.07, 6.45) is -0.450. The Morgan fingerprint density at radius 3 is 2.61 bits per heavy atom. The number of carboxylic acid groups (broad SMARTS) is 1. The number of ether oxygens (including phenoxy) is 3. The highest BCUT2D eigenvalue weighted by Crippen LogP contribution is 2.29. The third-order valence-electron chi connectivity index (χ3n) is 4.98. The van der Waals surface area contributed by atoms with E-state index in [2.05, 4.69) is 6.07 Å². The number of pyridine rings is 1. The van der Waals surface area contributed by atoms with E-state index in [0.717, 1.165) is 22.4 Å². The van der Waals surface area contributed by atoms with Crippen LogP contribution in [0.1, 0.15) is 35.4 Å². The predicted molar refractivity (Wildman–Crippen MR) is 123 cm³/mol. The summed E-state index contributed by atoms with van der Waals surface area (Å²) >= 11 is 0. The first-order valence-electron chi connectivity index (χ1n) is 10.6.